The second-order valence-corrected chi connectivity index (χ2v) is 17.7. The summed E-state index contributed by atoms with van der Waals surface area (Å²) >= 11 is 1.81. The van der Waals surface area contributed by atoms with E-state index in [1.54, 1.807) is 0 Å². The summed E-state index contributed by atoms with van der Waals surface area (Å²) in [4.78, 5) is 20.9. The fourth-order valence-corrected chi connectivity index (χ4v) is 10.8. The summed E-state index contributed by atoms with van der Waals surface area (Å²) in [6.07, 6.45) is 14.8. The first kappa shape index (κ1) is 36.6. The lowest BCUT2D eigenvalue weighted by molar-refractivity contribution is 0.574. The zero-order chi connectivity index (χ0) is 41.3. The third-order valence-electron chi connectivity index (χ3n) is 12.8. The Hall–Kier alpha value is -7.28. The fourth-order valence-electron chi connectivity index (χ4n) is 9.60. The average Bonchev–Trinajstić information content (AvgIpc) is 3.91. The van der Waals surface area contributed by atoms with Crippen molar-refractivity contribution >= 4 is 64.4 Å². The molecule has 10 aromatic rings. The third-order valence-corrected chi connectivity index (χ3v) is 14.0. The lowest BCUT2D eigenvalue weighted by Crippen LogP contribution is -2.17. The fraction of sp³-hybridized carbons (Fsp3) is 0.107. The highest BCUT2D eigenvalue weighted by Gasteiger charge is 2.28. The number of nitrogens with zero attached hydrogens (tertiary/aromatic N) is 4. The molecule has 0 amide bonds. The number of allylic oxidation sites excluding steroid dienone is 8. The SMILES string of the molecule is CC1CC=CC=C1C1=CC=CC(c2ccc3c(c2)nc(-c2cccc(-c4nc(-c5ccccc5)nc(-c5ccc6oc7ccccc7c6c5)n4)c2)c2sc4ccccc4c23)C1C. The summed E-state index contributed by atoms with van der Waals surface area (Å²) in [5.41, 5.74) is 11.6. The molecule has 0 bridgehead atoms. The minimum absolute atomic E-state index is 0.242. The van der Waals surface area contributed by atoms with Gasteiger partial charge in [-0.3, -0.25) is 0 Å². The summed E-state index contributed by atoms with van der Waals surface area (Å²) in [6.45, 7) is 4.72. The summed E-state index contributed by atoms with van der Waals surface area (Å²) < 4.78 is 8.59. The number of furan rings is 1. The standard InChI is InChI=1S/C56H40N4OS/c1-33-14-6-7-19-40(33)42-23-13-22-41(34(42)2)36-26-28-44-47(32-36)57-52(53-51(44)45-21-9-11-25-50(45)62-53)37-17-12-18-38(30-37)55-58-54(35-15-4-3-5-16-35)59-56(60-55)39-27-29-49-46(31-39)43-20-8-10-24-48(43)61-49/h3-13,15-34,41H,14H2,1-2H3. The van der Waals surface area contributed by atoms with Crippen LogP contribution in [0.3, 0.4) is 0 Å². The topological polar surface area (TPSA) is 64.7 Å². The molecule has 0 saturated heterocycles. The number of aromatic nitrogens is 4. The van der Waals surface area contributed by atoms with Gasteiger partial charge in [-0.05, 0) is 77.4 Å². The van der Waals surface area contributed by atoms with E-state index >= 15 is 0 Å². The Bertz CT molecular complexity index is 3550. The van der Waals surface area contributed by atoms with Gasteiger partial charge in [0.2, 0.25) is 0 Å². The van der Waals surface area contributed by atoms with Crippen LogP contribution in [-0.4, -0.2) is 19.9 Å². The van der Waals surface area contributed by atoms with E-state index in [1.165, 1.54) is 42.3 Å². The lowest BCUT2D eigenvalue weighted by atomic mass is 9.73. The maximum Gasteiger partial charge on any atom is 0.164 e. The molecule has 62 heavy (non-hydrogen) atoms. The number of hydrogen-bond acceptors (Lipinski definition) is 6. The number of para-hydroxylation sites is 1. The van der Waals surface area contributed by atoms with Crippen molar-refractivity contribution in [1.82, 2.24) is 19.9 Å². The molecule has 4 heterocycles. The van der Waals surface area contributed by atoms with Crippen LogP contribution in [0.5, 0.6) is 0 Å². The number of benzene rings is 6. The maximum atomic E-state index is 6.17. The highest BCUT2D eigenvalue weighted by molar-refractivity contribution is 7.26. The van der Waals surface area contributed by atoms with Crippen molar-refractivity contribution in [3.05, 3.63) is 193 Å². The van der Waals surface area contributed by atoms with Crippen LogP contribution in [0.25, 0.3) is 98.4 Å². The zero-order valence-electron chi connectivity index (χ0n) is 34.3. The molecule has 3 atom stereocenters. The predicted octanol–water partition coefficient (Wildman–Crippen LogP) is 15.1. The number of rotatable bonds is 6. The van der Waals surface area contributed by atoms with Crippen LogP contribution >= 0.6 is 11.3 Å². The van der Waals surface area contributed by atoms with Crippen molar-refractivity contribution in [2.24, 2.45) is 11.8 Å². The molecule has 4 aromatic heterocycles. The monoisotopic (exact) mass is 816 g/mol. The molecule has 5 nitrogen and oxygen atoms in total. The predicted molar refractivity (Wildman–Crippen MR) is 257 cm³/mol. The number of hydrogen-bond donors (Lipinski definition) is 0. The van der Waals surface area contributed by atoms with Crippen LogP contribution < -0.4 is 0 Å². The highest BCUT2D eigenvalue weighted by atomic mass is 32.1. The smallest absolute Gasteiger partial charge is 0.164 e. The molecule has 12 rings (SSSR count). The van der Waals surface area contributed by atoms with Gasteiger partial charge in [-0.1, -0.05) is 147 Å². The quantitative estimate of drug-likeness (QED) is 0.167. The molecule has 0 fully saturated rings. The van der Waals surface area contributed by atoms with Crippen molar-refractivity contribution < 1.29 is 4.42 Å². The van der Waals surface area contributed by atoms with E-state index in [1.807, 2.05) is 72.0 Å². The number of pyridine rings is 1. The second kappa shape index (κ2) is 14.7. The van der Waals surface area contributed by atoms with Crippen LogP contribution in [0.4, 0.5) is 0 Å². The van der Waals surface area contributed by atoms with E-state index in [9.17, 15) is 0 Å². The molecule has 0 radical (unpaired) electrons. The molecule has 2 aliphatic carbocycles. The number of fused-ring (bicyclic) bond motifs is 8. The van der Waals surface area contributed by atoms with E-state index in [0.717, 1.165) is 61.8 Å². The third kappa shape index (κ3) is 6.13. The van der Waals surface area contributed by atoms with Gasteiger partial charge in [-0.2, -0.15) is 0 Å². The molecule has 0 aliphatic heterocycles. The Morgan fingerprint density at radius 1 is 0.548 bits per heavy atom. The highest BCUT2D eigenvalue weighted by Crippen LogP contribution is 2.46. The van der Waals surface area contributed by atoms with E-state index < -0.39 is 0 Å². The molecule has 6 heteroatoms. The van der Waals surface area contributed by atoms with Gasteiger partial charge in [0.25, 0.3) is 0 Å². The Kier molecular flexibility index (Phi) is 8.68. The molecular weight excluding hydrogens is 777 g/mol. The van der Waals surface area contributed by atoms with Crippen LogP contribution in [0.15, 0.2) is 192 Å². The van der Waals surface area contributed by atoms with Gasteiger partial charge in [0.1, 0.15) is 11.2 Å². The Balaban J connectivity index is 1.00. The summed E-state index contributed by atoms with van der Waals surface area (Å²) in [5.74, 6) is 2.91. The van der Waals surface area contributed by atoms with Crippen LogP contribution in [0.1, 0.15) is 31.7 Å². The van der Waals surface area contributed by atoms with Crippen LogP contribution in [0, 0.1) is 11.8 Å². The van der Waals surface area contributed by atoms with Crippen LogP contribution in [0.2, 0.25) is 0 Å². The molecule has 0 N–H and O–H groups in total. The molecule has 6 aromatic carbocycles. The first-order valence-electron chi connectivity index (χ1n) is 21.4. The Morgan fingerprint density at radius 2 is 1.26 bits per heavy atom. The van der Waals surface area contributed by atoms with Gasteiger partial charge in [-0.25, -0.2) is 19.9 Å². The van der Waals surface area contributed by atoms with Gasteiger partial charge in [0.15, 0.2) is 17.5 Å². The molecular formula is C56H40N4OS. The Labute approximate surface area is 363 Å². The van der Waals surface area contributed by atoms with E-state index in [0.29, 0.717) is 29.3 Å². The normalized spacial score (nSPS) is 17.7. The van der Waals surface area contributed by atoms with Gasteiger partial charge >= 0.3 is 0 Å². The van der Waals surface area contributed by atoms with E-state index in [-0.39, 0.29) is 5.92 Å². The molecule has 3 unspecified atom stereocenters. The zero-order valence-corrected chi connectivity index (χ0v) is 35.1. The summed E-state index contributed by atoms with van der Waals surface area (Å²) in [6, 6.07) is 48.7. The molecule has 2 aliphatic rings. The maximum absolute atomic E-state index is 6.17. The van der Waals surface area contributed by atoms with Gasteiger partial charge in [0.05, 0.1) is 15.9 Å². The first-order chi connectivity index (χ1) is 30.5. The van der Waals surface area contributed by atoms with Gasteiger partial charge in [0, 0.05) is 59.8 Å². The summed E-state index contributed by atoms with van der Waals surface area (Å²) in [5, 5.41) is 5.77. The molecule has 296 valence electrons. The largest absolute Gasteiger partial charge is 0.456 e. The van der Waals surface area contributed by atoms with E-state index in [4.69, 9.17) is 24.4 Å². The van der Waals surface area contributed by atoms with Gasteiger partial charge in [-0.15, -0.1) is 11.3 Å². The summed E-state index contributed by atoms with van der Waals surface area (Å²) in [7, 11) is 0. The average molecular weight is 817 g/mol. The van der Waals surface area contributed by atoms with E-state index in [2.05, 4.69) is 129 Å². The molecule has 0 saturated carbocycles. The molecule has 0 spiro atoms. The van der Waals surface area contributed by atoms with Crippen molar-refractivity contribution in [2.45, 2.75) is 26.2 Å². The second-order valence-electron chi connectivity index (χ2n) is 16.6. The van der Waals surface area contributed by atoms with Crippen molar-refractivity contribution in [1.29, 1.82) is 0 Å². The van der Waals surface area contributed by atoms with Crippen molar-refractivity contribution in [3.63, 3.8) is 0 Å². The Morgan fingerprint density at radius 3 is 2.11 bits per heavy atom. The number of thiophene rings is 1. The lowest BCUT2D eigenvalue weighted by Gasteiger charge is -2.31. The van der Waals surface area contributed by atoms with Crippen LogP contribution in [-0.2, 0) is 0 Å². The van der Waals surface area contributed by atoms with Gasteiger partial charge < -0.3 is 4.42 Å². The van der Waals surface area contributed by atoms with Crippen molar-refractivity contribution in [2.75, 3.05) is 0 Å². The minimum Gasteiger partial charge on any atom is -0.456 e. The minimum atomic E-state index is 0.242. The van der Waals surface area contributed by atoms with Crippen molar-refractivity contribution in [3.8, 4) is 45.4 Å². The first-order valence-corrected chi connectivity index (χ1v) is 22.2.